The van der Waals surface area contributed by atoms with Gasteiger partial charge in [0.15, 0.2) is 0 Å². The molecule has 0 bridgehead atoms. The molecule has 1 aliphatic rings. The molecule has 1 aromatic carbocycles. The second-order valence-corrected chi connectivity index (χ2v) is 5.62. The summed E-state index contributed by atoms with van der Waals surface area (Å²) in [6, 6.07) is 7.62. The van der Waals surface area contributed by atoms with Crippen LogP contribution in [0.15, 0.2) is 24.3 Å². The van der Waals surface area contributed by atoms with Crippen molar-refractivity contribution in [3.05, 3.63) is 34.9 Å². The van der Waals surface area contributed by atoms with Gasteiger partial charge in [-0.2, -0.15) is 0 Å². The van der Waals surface area contributed by atoms with E-state index < -0.39 is 0 Å². The van der Waals surface area contributed by atoms with E-state index in [4.69, 9.17) is 11.6 Å². The smallest absolute Gasteiger partial charge is 0.234 e. The Morgan fingerprint density at radius 3 is 2.79 bits per heavy atom. The van der Waals surface area contributed by atoms with Gasteiger partial charge in [-0.25, -0.2) is 0 Å². The van der Waals surface area contributed by atoms with E-state index in [1.807, 2.05) is 31.2 Å². The molecule has 3 nitrogen and oxygen atoms in total. The summed E-state index contributed by atoms with van der Waals surface area (Å²) in [5.74, 6) is 0.0920. The number of piperidine rings is 1. The molecule has 0 aliphatic carbocycles. The SMILES string of the molecule is C[C@H](NC(=O)CN1CCCCC1)c1cccc(Cl)c1. The van der Waals surface area contributed by atoms with Crippen LogP contribution in [0.4, 0.5) is 0 Å². The molecule has 0 saturated carbocycles. The zero-order chi connectivity index (χ0) is 13.7. The summed E-state index contributed by atoms with van der Waals surface area (Å²) < 4.78 is 0. The van der Waals surface area contributed by atoms with Crippen LogP contribution >= 0.6 is 11.6 Å². The Morgan fingerprint density at radius 1 is 1.37 bits per heavy atom. The number of hydrogen-bond donors (Lipinski definition) is 1. The minimum absolute atomic E-state index is 0.00371. The molecular weight excluding hydrogens is 260 g/mol. The number of amides is 1. The van der Waals surface area contributed by atoms with E-state index in [1.54, 1.807) is 0 Å². The number of rotatable bonds is 4. The Kier molecular flexibility index (Phi) is 5.23. The van der Waals surface area contributed by atoms with E-state index in [-0.39, 0.29) is 11.9 Å². The van der Waals surface area contributed by atoms with Crippen LogP contribution in [-0.4, -0.2) is 30.4 Å². The van der Waals surface area contributed by atoms with Gasteiger partial charge in [-0.3, -0.25) is 9.69 Å². The number of hydrogen-bond acceptors (Lipinski definition) is 2. The summed E-state index contributed by atoms with van der Waals surface area (Å²) in [6.45, 7) is 4.57. The number of halogens is 1. The highest BCUT2D eigenvalue weighted by Crippen LogP contribution is 2.17. The number of carbonyl (C=O) groups is 1. The Hall–Kier alpha value is -1.06. The van der Waals surface area contributed by atoms with Crippen LogP contribution in [-0.2, 0) is 4.79 Å². The molecule has 1 saturated heterocycles. The van der Waals surface area contributed by atoms with Gasteiger partial charge in [0, 0.05) is 5.02 Å². The number of nitrogens with zero attached hydrogens (tertiary/aromatic N) is 1. The van der Waals surface area contributed by atoms with Crippen LogP contribution in [0.2, 0.25) is 5.02 Å². The molecule has 0 radical (unpaired) electrons. The molecule has 0 spiro atoms. The van der Waals surface area contributed by atoms with Gasteiger partial charge >= 0.3 is 0 Å². The van der Waals surface area contributed by atoms with Crippen LogP contribution in [0.1, 0.15) is 37.8 Å². The quantitative estimate of drug-likeness (QED) is 0.920. The number of carbonyl (C=O) groups excluding carboxylic acids is 1. The fourth-order valence-electron chi connectivity index (χ4n) is 2.47. The first-order valence-corrected chi connectivity index (χ1v) is 7.30. The Bertz CT molecular complexity index is 430. The van der Waals surface area contributed by atoms with Crippen molar-refractivity contribution in [3.63, 3.8) is 0 Å². The monoisotopic (exact) mass is 280 g/mol. The minimum Gasteiger partial charge on any atom is -0.348 e. The third-order valence-electron chi connectivity index (χ3n) is 3.54. The summed E-state index contributed by atoms with van der Waals surface area (Å²) in [6.07, 6.45) is 3.70. The molecule has 4 heteroatoms. The van der Waals surface area contributed by atoms with E-state index in [0.29, 0.717) is 11.6 Å². The lowest BCUT2D eigenvalue weighted by Gasteiger charge is -2.26. The number of nitrogens with one attached hydrogen (secondary N) is 1. The van der Waals surface area contributed by atoms with Gasteiger partial charge in [-0.1, -0.05) is 30.2 Å². The molecule has 1 atom stereocenters. The largest absolute Gasteiger partial charge is 0.348 e. The lowest BCUT2D eigenvalue weighted by molar-refractivity contribution is -0.123. The van der Waals surface area contributed by atoms with Gasteiger partial charge in [-0.15, -0.1) is 0 Å². The highest BCUT2D eigenvalue weighted by Gasteiger charge is 2.15. The van der Waals surface area contributed by atoms with Crippen molar-refractivity contribution in [2.24, 2.45) is 0 Å². The van der Waals surface area contributed by atoms with Crippen molar-refractivity contribution >= 4 is 17.5 Å². The average Bonchev–Trinajstić information content (AvgIpc) is 2.39. The normalized spacial score (nSPS) is 18.0. The first kappa shape index (κ1) is 14.4. The summed E-state index contributed by atoms with van der Waals surface area (Å²) >= 11 is 5.96. The predicted octanol–water partition coefficient (Wildman–Crippen LogP) is 3.00. The highest BCUT2D eigenvalue weighted by atomic mass is 35.5. The zero-order valence-corrected chi connectivity index (χ0v) is 12.1. The maximum Gasteiger partial charge on any atom is 0.234 e. The van der Waals surface area contributed by atoms with Crippen LogP contribution in [0, 0.1) is 0 Å². The van der Waals surface area contributed by atoms with Crippen LogP contribution in [0.3, 0.4) is 0 Å². The van der Waals surface area contributed by atoms with E-state index >= 15 is 0 Å². The molecule has 104 valence electrons. The van der Waals surface area contributed by atoms with Crippen LogP contribution in [0.5, 0.6) is 0 Å². The Labute approximate surface area is 119 Å². The fourth-order valence-corrected chi connectivity index (χ4v) is 2.67. The molecule has 1 N–H and O–H groups in total. The van der Waals surface area contributed by atoms with Crippen molar-refractivity contribution in [3.8, 4) is 0 Å². The van der Waals surface area contributed by atoms with E-state index in [1.165, 1.54) is 19.3 Å². The highest BCUT2D eigenvalue weighted by molar-refractivity contribution is 6.30. The second kappa shape index (κ2) is 6.92. The zero-order valence-electron chi connectivity index (χ0n) is 11.4. The lowest BCUT2D eigenvalue weighted by atomic mass is 10.1. The second-order valence-electron chi connectivity index (χ2n) is 5.18. The standard InChI is InChI=1S/C15H21ClN2O/c1-12(13-6-5-7-14(16)10-13)17-15(19)11-18-8-3-2-4-9-18/h5-7,10,12H,2-4,8-9,11H2,1H3,(H,17,19)/t12-/m0/s1. The summed E-state index contributed by atoms with van der Waals surface area (Å²) in [5.41, 5.74) is 1.04. The van der Waals surface area contributed by atoms with Crippen molar-refractivity contribution in [1.82, 2.24) is 10.2 Å². The Balaban J connectivity index is 1.84. The third kappa shape index (κ3) is 4.51. The van der Waals surface area contributed by atoms with Crippen LogP contribution in [0.25, 0.3) is 0 Å². The van der Waals surface area contributed by atoms with Crippen LogP contribution < -0.4 is 5.32 Å². The maximum atomic E-state index is 12.0. The lowest BCUT2D eigenvalue weighted by Crippen LogP contribution is -2.40. The van der Waals surface area contributed by atoms with Gasteiger partial charge < -0.3 is 5.32 Å². The minimum atomic E-state index is -0.00371. The number of likely N-dealkylation sites (tertiary alicyclic amines) is 1. The van der Waals surface area contributed by atoms with Crippen molar-refractivity contribution in [2.45, 2.75) is 32.2 Å². The fraction of sp³-hybridized carbons (Fsp3) is 0.533. The molecular formula is C15H21ClN2O. The maximum absolute atomic E-state index is 12.0. The molecule has 0 unspecified atom stereocenters. The topological polar surface area (TPSA) is 32.3 Å². The van der Waals surface area contributed by atoms with Gasteiger partial charge in [0.05, 0.1) is 12.6 Å². The molecule has 1 aromatic rings. The molecule has 1 heterocycles. The molecule has 19 heavy (non-hydrogen) atoms. The van der Waals surface area contributed by atoms with E-state index in [0.717, 1.165) is 18.7 Å². The first-order valence-electron chi connectivity index (χ1n) is 6.92. The predicted molar refractivity (Wildman–Crippen MR) is 78.3 cm³/mol. The molecule has 1 amide bonds. The summed E-state index contributed by atoms with van der Waals surface area (Å²) in [7, 11) is 0. The summed E-state index contributed by atoms with van der Waals surface area (Å²) in [4.78, 5) is 14.2. The average molecular weight is 281 g/mol. The van der Waals surface area contributed by atoms with Gasteiger partial charge in [-0.05, 0) is 50.6 Å². The summed E-state index contributed by atoms with van der Waals surface area (Å²) in [5, 5.41) is 3.73. The van der Waals surface area contributed by atoms with Crippen molar-refractivity contribution in [1.29, 1.82) is 0 Å². The van der Waals surface area contributed by atoms with Gasteiger partial charge in [0.2, 0.25) is 5.91 Å². The van der Waals surface area contributed by atoms with Crippen molar-refractivity contribution in [2.75, 3.05) is 19.6 Å². The first-order chi connectivity index (χ1) is 9.15. The Morgan fingerprint density at radius 2 is 2.11 bits per heavy atom. The van der Waals surface area contributed by atoms with Gasteiger partial charge in [0.25, 0.3) is 0 Å². The molecule has 1 aliphatic heterocycles. The number of benzene rings is 1. The third-order valence-corrected chi connectivity index (χ3v) is 3.78. The molecule has 1 fully saturated rings. The van der Waals surface area contributed by atoms with Crippen molar-refractivity contribution < 1.29 is 4.79 Å². The molecule has 0 aromatic heterocycles. The van der Waals surface area contributed by atoms with E-state index in [2.05, 4.69) is 10.2 Å². The van der Waals surface area contributed by atoms with Gasteiger partial charge in [0.1, 0.15) is 0 Å². The molecule has 2 rings (SSSR count). The van der Waals surface area contributed by atoms with E-state index in [9.17, 15) is 4.79 Å².